The highest BCUT2D eigenvalue weighted by Crippen LogP contribution is 2.37. The number of rotatable bonds is 14. The average Bonchev–Trinajstić information content (AvgIpc) is 3.25. The second-order valence-electron chi connectivity index (χ2n) is 13.6. The molecule has 0 bridgehead atoms. The summed E-state index contributed by atoms with van der Waals surface area (Å²) < 4.78 is 0. The van der Waals surface area contributed by atoms with Crippen LogP contribution in [0.3, 0.4) is 0 Å². The first-order chi connectivity index (χ1) is 28.8. The highest BCUT2D eigenvalue weighted by Gasteiger charge is 2.36. The molecule has 4 N–H and O–H groups in total. The summed E-state index contributed by atoms with van der Waals surface area (Å²) in [6, 6.07) is 18.9. The Bertz CT molecular complexity index is 2240. The molecule has 4 aromatic carbocycles. The van der Waals surface area contributed by atoms with E-state index in [9.17, 15) is 38.4 Å². The van der Waals surface area contributed by atoms with Crippen molar-refractivity contribution < 1.29 is 38.4 Å². The van der Waals surface area contributed by atoms with E-state index in [1.54, 1.807) is 48.5 Å². The maximum absolute atomic E-state index is 13.7. The van der Waals surface area contributed by atoms with E-state index in [1.807, 2.05) is 37.5 Å². The third-order valence-electron chi connectivity index (χ3n) is 10.0. The van der Waals surface area contributed by atoms with Crippen LogP contribution in [0, 0.1) is 0 Å². The Balaban J connectivity index is 0.000000330. The van der Waals surface area contributed by atoms with Gasteiger partial charge in [0.05, 0.1) is 58.1 Å². The molecule has 0 radical (unpaired) electrons. The van der Waals surface area contributed by atoms with Gasteiger partial charge in [0.25, 0.3) is 0 Å². The molecule has 0 spiro atoms. The zero-order valence-electron chi connectivity index (χ0n) is 33.5. The molecule has 2 aliphatic rings. The van der Waals surface area contributed by atoms with Crippen LogP contribution in [0.2, 0.25) is 0 Å². The monoisotopic (exact) mass is 886 g/mol. The number of nitrogens with one attached hydrogen (secondary N) is 4. The first kappa shape index (κ1) is 50.3. The number of fused-ring (bicyclic) bond motifs is 4. The van der Waals surface area contributed by atoms with Gasteiger partial charge in [-0.25, -0.2) is 0 Å². The highest BCUT2D eigenvalue weighted by atomic mass is 35.5. The van der Waals surface area contributed by atoms with E-state index >= 15 is 0 Å². The van der Waals surface area contributed by atoms with E-state index in [0.29, 0.717) is 11.4 Å². The first-order valence-corrected chi connectivity index (χ1v) is 20.4. The molecule has 0 fully saturated rings. The van der Waals surface area contributed by atoms with Crippen LogP contribution >= 0.6 is 23.2 Å². The lowest BCUT2D eigenvalue weighted by atomic mass is 9.82. The quantitative estimate of drug-likeness (QED) is 0.0820. The van der Waals surface area contributed by atoms with E-state index in [4.69, 9.17) is 23.2 Å². The molecule has 62 heavy (non-hydrogen) atoms. The minimum absolute atomic E-state index is 0. The van der Waals surface area contributed by atoms with Crippen molar-refractivity contribution in [3.05, 3.63) is 117 Å². The van der Waals surface area contributed by atoms with Crippen molar-refractivity contribution in [3.63, 3.8) is 0 Å². The lowest BCUT2D eigenvalue weighted by Crippen LogP contribution is -2.34. The van der Waals surface area contributed by atoms with Crippen LogP contribution in [0.25, 0.3) is 0 Å². The lowest BCUT2D eigenvalue weighted by molar-refractivity contribution is -0.118. The van der Waals surface area contributed by atoms with Gasteiger partial charge in [0.2, 0.25) is 23.6 Å². The summed E-state index contributed by atoms with van der Waals surface area (Å²) in [5.74, 6) is -3.69. The van der Waals surface area contributed by atoms with E-state index in [0.717, 1.165) is 26.2 Å². The molecule has 0 aliphatic heterocycles. The Hall–Kier alpha value is -6.06. The summed E-state index contributed by atoms with van der Waals surface area (Å²) in [5.41, 5.74) is 2.24. The largest absolute Gasteiger partial charge is 0.324 e. The van der Waals surface area contributed by atoms with Gasteiger partial charge in [0, 0.05) is 22.3 Å². The number of nitrogens with zero attached hydrogens (tertiary/aromatic N) is 2. The molecule has 16 heteroatoms. The van der Waals surface area contributed by atoms with Gasteiger partial charge in [0.1, 0.15) is 11.8 Å². The molecule has 0 aromatic heterocycles. The number of anilines is 4. The van der Waals surface area contributed by atoms with Crippen LogP contribution in [0.1, 0.15) is 106 Å². The molecular weight excluding hydrogens is 835 g/mol. The number of alkyl halides is 2. The van der Waals surface area contributed by atoms with Gasteiger partial charge < -0.3 is 21.3 Å². The van der Waals surface area contributed by atoms with Crippen molar-refractivity contribution in [3.8, 4) is 0 Å². The SMILES string of the molecule is C.C.CCN(CC)CC(=O)Nc1cccc2c1C(=O)c1c(NC(=O)CN(CC)CC)cccc1C2=O.O=C(CCl)Nc1cccc2c1C(=O)c1c(NC(=O)CCl)cccc1C2=O. The van der Waals surface area contributed by atoms with Gasteiger partial charge in [-0.3, -0.25) is 48.2 Å². The number of carbonyl (C=O) groups excluding carboxylic acids is 8. The fourth-order valence-electron chi connectivity index (χ4n) is 6.95. The molecule has 0 unspecified atom stereocenters. The molecular formula is C46H52Cl2N6O8. The summed E-state index contributed by atoms with van der Waals surface area (Å²) in [4.78, 5) is 105. The number of ketones is 4. The molecule has 4 aromatic rings. The summed E-state index contributed by atoms with van der Waals surface area (Å²) >= 11 is 11.0. The van der Waals surface area contributed by atoms with E-state index in [2.05, 4.69) is 21.3 Å². The predicted molar refractivity (Wildman–Crippen MR) is 244 cm³/mol. The predicted octanol–water partition coefficient (Wildman–Crippen LogP) is 7.11. The van der Waals surface area contributed by atoms with Crippen LogP contribution in [0.4, 0.5) is 22.7 Å². The third-order valence-corrected chi connectivity index (χ3v) is 10.5. The number of benzene rings is 4. The number of hydrogen-bond acceptors (Lipinski definition) is 10. The smallest absolute Gasteiger partial charge is 0.239 e. The van der Waals surface area contributed by atoms with Crippen LogP contribution in [-0.4, -0.2) is 108 Å². The number of hydrogen-bond donors (Lipinski definition) is 4. The molecule has 0 heterocycles. The minimum Gasteiger partial charge on any atom is -0.324 e. The normalized spacial score (nSPS) is 12.0. The molecule has 6 rings (SSSR count). The second kappa shape index (κ2) is 22.7. The number of likely N-dealkylation sites (N-methyl/N-ethyl adjacent to an activating group) is 2. The number of amides is 4. The topological polar surface area (TPSA) is 191 Å². The van der Waals surface area contributed by atoms with Crippen molar-refractivity contribution >= 4 is 92.7 Å². The minimum atomic E-state index is -0.505. The number of halogens is 2. The summed E-state index contributed by atoms with van der Waals surface area (Å²) in [6.45, 7) is 11.1. The van der Waals surface area contributed by atoms with Gasteiger partial charge in [-0.2, -0.15) is 0 Å². The van der Waals surface area contributed by atoms with E-state index in [-0.39, 0.29) is 119 Å². The maximum atomic E-state index is 13.7. The number of carbonyl (C=O) groups is 8. The Morgan fingerprint density at radius 1 is 0.419 bits per heavy atom. The van der Waals surface area contributed by atoms with E-state index < -0.39 is 23.4 Å². The lowest BCUT2D eigenvalue weighted by Gasteiger charge is -2.24. The fourth-order valence-corrected chi connectivity index (χ4v) is 7.08. The van der Waals surface area contributed by atoms with Gasteiger partial charge >= 0.3 is 0 Å². The molecule has 328 valence electrons. The maximum Gasteiger partial charge on any atom is 0.239 e. The molecule has 14 nitrogen and oxygen atoms in total. The zero-order valence-corrected chi connectivity index (χ0v) is 35.0. The van der Waals surface area contributed by atoms with Gasteiger partial charge in [-0.1, -0.05) is 91.1 Å². The van der Waals surface area contributed by atoms with Crippen LogP contribution in [0.15, 0.2) is 72.8 Å². The van der Waals surface area contributed by atoms with Crippen molar-refractivity contribution in [1.82, 2.24) is 9.80 Å². The molecule has 2 aliphatic carbocycles. The summed E-state index contributed by atoms with van der Waals surface area (Å²) in [7, 11) is 0. The van der Waals surface area contributed by atoms with Crippen molar-refractivity contribution in [2.45, 2.75) is 42.5 Å². The van der Waals surface area contributed by atoms with Crippen LogP contribution < -0.4 is 21.3 Å². The first-order valence-electron chi connectivity index (χ1n) is 19.3. The Morgan fingerprint density at radius 3 is 0.887 bits per heavy atom. The van der Waals surface area contributed by atoms with Crippen molar-refractivity contribution in [2.75, 3.05) is 72.3 Å². The van der Waals surface area contributed by atoms with Crippen LogP contribution in [-0.2, 0) is 19.2 Å². The van der Waals surface area contributed by atoms with E-state index in [1.165, 1.54) is 24.3 Å². The average molecular weight is 888 g/mol. The standard InChI is InChI=1S/C26H32N4O4.C18H12Cl2N2O4.2CH4/c1-5-29(6-2)15-21(31)27-19-13-9-11-17-23(19)26(34)24-18(25(17)33)12-10-14-20(24)28-22(32)16-30(7-3)8-4;19-7-13(23)21-11-5-1-3-9-15(11)18(26)16-10(17(9)25)4-2-6-12(16)22-14(24)8-20;;/h9-14H,5-8,15-16H2,1-4H3,(H,27,31)(H,28,32);1-6H,7-8H2,(H,21,23)(H,22,24);2*1H4. The fraction of sp³-hybridized carbons (Fsp3) is 0.304. The Morgan fingerprint density at radius 2 is 0.661 bits per heavy atom. The second-order valence-corrected chi connectivity index (χ2v) is 14.1. The zero-order chi connectivity index (χ0) is 43.7. The molecule has 0 saturated carbocycles. The summed E-state index contributed by atoms with van der Waals surface area (Å²) in [6.07, 6.45) is 0. The van der Waals surface area contributed by atoms with Crippen molar-refractivity contribution in [2.24, 2.45) is 0 Å². The Kier molecular flexibility index (Phi) is 18.4. The van der Waals surface area contributed by atoms with Gasteiger partial charge in [-0.15, -0.1) is 23.2 Å². The molecule has 4 amide bonds. The Labute approximate surface area is 371 Å². The van der Waals surface area contributed by atoms with Crippen molar-refractivity contribution in [1.29, 1.82) is 0 Å². The van der Waals surface area contributed by atoms with Gasteiger partial charge in [-0.05, 0) is 50.4 Å². The molecule has 0 saturated heterocycles. The van der Waals surface area contributed by atoms with Gasteiger partial charge in [0.15, 0.2) is 23.1 Å². The molecule has 0 atom stereocenters. The highest BCUT2D eigenvalue weighted by molar-refractivity contribution is 6.35. The summed E-state index contributed by atoms with van der Waals surface area (Å²) in [5, 5.41) is 10.7. The van der Waals surface area contributed by atoms with Crippen LogP contribution in [0.5, 0.6) is 0 Å². The third kappa shape index (κ3) is 10.9.